The van der Waals surface area contributed by atoms with Crippen molar-refractivity contribution < 1.29 is 9.26 Å². The summed E-state index contributed by atoms with van der Waals surface area (Å²) in [6.45, 7) is 2.42. The Hall–Kier alpha value is -2.27. The molecule has 0 spiro atoms. The van der Waals surface area contributed by atoms with E-state index in [2.05, 4.69) is 41.3 Å². The molecule has 3 aromatic rings. The van der Waals surface area contributed by atoms with Crippen LogP contribution in [0.4, 0.5) is 0 Å². The third-order valence-electron chi connectivity index (χ3n) is 3.95. The Morgan fingerprint density at radius 1 is 1.23 bits per heavy atom. The Morgan fingerprint density at radius 3 is 2.86 bits per heavy atom. The van der Waals surface area contributed by atoms with Crippen LogP contribution in [0.15, 0.2) is 28.8 Å². The van der Waals surface area contributed by atoms with E-state index in [9.17, 15) is 0 Å². The fraction of sp³-hybridized carbons (Fsp3) is 0.353. The number of nitrogens with zero attached hydrogens (tertiary/aromatic N) is 3. The zero-order valence-corrected chi connectivity index (χ0v) is 12.7. The van der Waals surface area contributed by atoms with E-state index >= 15 is 0 Å². The van der Waals surface area contributed by atoms with Gasteiger partial charge >= 0.3 is 0 Å². The van der Waals surface area contributed by atoms with Gasteiger partial charge in [0.05, 0.1) is 11.1 Å². The molecule has 2 aromatic heterocycles. The lowest BCUT2D eigenvalue weighted by Crippen LogP contribution is -1.93. The molecule has 0 radical (unpaired) electrons. The number of benzene rings is 1. The molecule has 5 nitrogen and oxygen atoms in total. The molecule has 4 rings (SSSR count). The van der Waals surface area contributed by atoms with Crippen molar-refractivity contribution >= 4 is 10.9 Å². The van der Waals surface area contributed by atoms with Crippen molar-refractivity contribution in [2.24, 2.45) is 0 Å². The number of aryl methyl sites for hydroxylation is 1. The van der Waals surface area contributed by atoms with E-state index in [1.165, 1.54) is 18.4 Å². The van der Waals surface area contributed by atoms with Gasteiger partial charge in [-0.2, -0.15) is 4.98 Å². The van der Waals surface area contributed by atoms with Crippen LogP contribution in [0, 0.1) is 6.92 Å². The van der Waals surface area contributed by atoms with Gasteiger partial charge < -0.3 is 9.26 Å². The Labute approximate surface area is 128 Å². The van der Waals surface area contributed by atoms with Crippen molar-refractivity contribution in [1.29, 1.82) is 0 Å². The second-order valence-electron chi connectivity index (χ2n) is 5.84. The predicted octanol–water partition coefficient (Wildman–Crippen LogP) is 3.62. The molecule has 0 N–H and O–H groups in total. The maximum Gasteiger partial charge on any atom is 0.258 e. The van der Waals surface area contributed by atoms with Crippen LogP contribution in [0.2, 0.25) is 0 Å². The second-order valence-corrected chi connectivity index (χ2v) is 5.84. The lowest BCUT2D eigenvalue weighted by Gasteiger charge is -2.07. The van der Waals surface area contributed by atoms with Crippen molar-refractivity contribution in [1.82, 2.24) is 15.1 Å². The minimum absolute atomic E-state index is 0.348. The van der Waals surface area contributed by atoms with Crippen molar-refractivity contribution in [2.75, 3.05) is 7.11 Å². The van der Waals surface area contributed by atoms with Crippen LogP contribution < -0.4 is 0 Å². The Balaban J connectivity index is 1.90. The zero-order chi connectivity index (χ0) is 15.1. The fourth-order valence-corrected chi connectivity index (χ4v) is 2.68. The van der Waals surface area contributed by atoms with Gasteiger partial charge in [-0.15, -0.1) is 0 Å². The molecule has 1 aromatic carbocycles. The van der Waals surface area contributed by atoms with E-state index < -0.39 is 0 Å². The molecule has 1 aliphatic rings. The molecule has 0 bridgehead atoms. The van der Waals surface area contributed by atoms with Crippen LogP contribution in [0.1, 0.15) is 35.8 Å². The first-order chi connectivity index (χ1) is 10.7. The first-order valence-corrected chi connectivity index (χ1v) is 7.48. The topological polar surface area (TPSA) is 61.0 Å². The Morgan fingerprint density at radius 2 is 2.09 bits per heavy atom. The first kappa shape index (κ1) is 13.4. The summed E-state index contributed by atoms with van der Waals surface area (Å²) < 4.78 is 10.5. The highest BCUT2D eigenvalue weighted by atomic mass is 16.5. The van der Waals surface area contributed by atoms with Gasteiger partial charge in [0.15, 0.2) is 5.82 Å². The van der Waals surface area contributed by atoms with Gasteiger partial charge in [0, 0.05) is 24.1 Å². The molecule has 0 atom stereocenters. The van der Waals surface area contributed by atoms with Crippen LogP contribution in [-0.2, 0) is 11.3 Å². The highest BCUT2D eigenvalue weighted by molar-refractivity contribution is 5.93. The van der Waals surface area contributed by atoms with Crippen molar-refractivity contribution in [3.05, 3.63) is 41.3 Å². The maximum atomic E-state index is 5.44. The standard InChI is InChI=1S/C17H17N3O2/c1-10-3-6-14-12(7-10)13(8-15(18-14)11-4-5-11)17-19-16(9-21-2)20-22-17/h3,6-8,11H,4-5,9H2,1-2H3. The minimum Gasteiger partial charge on any atom is -0.377 e. The molecule has 0 saturated heterocycles. The number of methoxy groups -OCH3 is 1. The molecule has 5 heteroatoms. The van der Waals surface area contributed by atoms with Gasteiger partial charge in [-0.05, 0) is 38.0 Å². The number of aromatic nitrogens is 3. The van der Waals surface area contributed by atoms with Gasteiger partial charge in [-0.3, -0.25) is 4.98 Å². The SMILES string of the molecule is COCc1noc(-c2cc(C3CC3)nc3ccc(C)cc23)n1. The number of rotatable bonds is 4. The summed E-state index contributed by atoms with van der Waals surface area (Å²) in [6.07, 6.45) is 2.42. The molecule has 0 amide bonds. The van der Waals surface area contributed by atoms with Crippen LogP contribution in [0.3, 0.4) is 0 Å². The van der Waals surface area contributed by atoms with E-state index in [0.717, 1.165) is 22.2 Å². The summed E-state index contributed by atoms with van der Waals surface area (Å²) >= 11 is 0. The summed E-state index contributed by atoms with van der Waals surface area (Å²) in [5.74, 6) is 1.67. The molecular weight excluding hydrogens is 278 g/mol. The van der Waals surface area contributed by atoms with Crippen molar-refractivity contribution in [3.63, 3.8) is 0 Å². The first-order valence-electron chi connectivity index (χ1n) is 7.48. The van der Waals surface area contributed by atoms with Crippen LogP contribution >= 0.6 is 0 Å². The monoisotopic (exact) mass is 295 g/mol. The molecule has 112 valence electrons. The predicted molar refractivity (Wildman–Crippen MR) is 82.5 cm³/mol. The molecule has 2 heterocycles. The normalized spacial score (nSPS) is 14.6. The number of hydrogen-bond donors (Lipinski definition) is 0. The average Bonchev–Trinajstić information content (AvgIpc) is 3.27. The second kappa shape index (κ2) is 5.18. The van der Waals surface area contributed by atoms with E-state index in [-0.39, 0.29) is 0 Å². The highest BCUT2D eigenvalue weighted by Gasteiger charge is 2.27. The van der Waals surface area contributed by atoms with Gasteiger partial charge in [-0.25, -0.2) is 0 Å². The highest BCUT2D eigenvalue weighted by Crippen LogP contribution is 2.41. The molecule has 1 saturated carbocycles. The van der Waals surface area contributed by atoms with Crippen LogP contribution in [0.25, 0.3) is 22.4 Å². The quantitative estimate of drug-likeness (QED) is 0.735. The molecule has 1 fully saturated rings. The number of ether oxygens (including phenoxy) is 1. The molecule has 22 heavy (non-hydrogen) atoms. The summed E-state index contributed by atoms with van der Waals surface area (Å²) in [4.78, 5) is 9.23. The average molecular weight is 295 g/mol. The summed E-state index contributed by atoms with van der Waals surface area (Å²) in [5, 5.41) is 5.02. The van der Waals surface area contributed by atoms with E-state index in [4.69, 9.17) is 14.2 Å². The molecular formula is C17H17N3O2. The number of pyridine rings is 1. The lowest BCUT2D eigenvalue weighted by molar-refractivity contribution is 0.174. The number of hydrogen-bond acceptors (Lipinski definition) is 5. The van der Waals surface area contributed by atoms with Crippen molar-refractivity contribution in [3.8, 4) is 11.5 Å². The lowest BCUT2D eigenvalue weighted by atomic mass is 10.0. The minimum atomic E-state index is 0.348. The Kier molecular flexibility index (Phi) is 3.15. The third-order valence-corrected chi connectivity index (χ3v) is 3.95. The van der Waals surface area contributed by atoms with E-state index in [0.29, 0.717) is 24.2 Å². The maximum absolute atomic E-state index is 5.44. The van der Waals surface area contributed by atoms with E-state index in [1.54, 1.807) is 7.11 Å². The fourth-order valence-electron chi connectivity index (χ4n) is 2.68. The third kappa shape index (κ3) is 2.37. The van der Waals surface area contributed by atoms with Gasteiger partial charge in [-0.1, -0.05) is 16.8 Å². The summed E-state index contributed by atoms with van der Waals surface area (Å²) in [6, 6.07) is 8.37. The summed E-state index contributed by atoms with van der Waals surface area (Å²) in [7, 11) is 1.62. The largest absolute Gasteiger partial charge is 0.377 e. The van der Waals surface area contributed by atoms with Crippen molar-refractivity contribution in [2.45, 2.75) is 32.3 Å². The van der Waals surface area contributed by atoms with E-state index in [1.807, 2.05) is 0 Å². The smallest absolute Gasteiger partial charge is 0.258 e. The van der Waals surface area contributed by atoms with Gasteiger partial charge in [0.2, 0.25) is 0 Å². The molecule has 0 unspecified atom stereocenters. The number of fused-ring (bicyclic) bond motifs is 1. The van der Waals surface area contributed by atoms with Crippen LogP contribution in [-0.4, -0.2) is 22.2 Å². The molecule has 1 aliphatic carbocycles. The zero-order valence-electron chi connectivity index (χ0n) is 12.7. The van der Waals surface area contributed by atoms with Gasteiger partial charge in [0.25, 0.3) is 5.89 Å². The van der Waals surface area contributed by atoms with Gasteiger partial charge in [0.1, 0.15) is 6.61 Å². The summed E-state index contributed by atoms with van der Waals surface area (Å²) in [5.41, 5.74) is 4.26. The Bertz CT molecular complexity index is 837. The molecule has 0 aliphatic heterocycles. The van der Waals surface area contributed by atoms with Crippen LogP contribution in [0.5, 0.6) is 0 Å².